The average Bonchev–Trinajstić information content (AvgIpc) is 3.57. The van der Waals surface area contributed by atoms with E-state index in [1.165, 1.54) is 20.4 Å². The number of nitrogens with zero attached hydrogens (tertiary/aromatic N) is 4. The molecule has 5 rings (SSSR count). The first-order valence-corrected chi connectivity index (χ1v) is 18.4. The molecule has 0 radical (unpaired) electrons. The highest BCUT2D eigenvalue weighted by molar-refractivity contribution is 6.35. The summed E-state index contributed by atoms with van der Waals surface area (Å²) in [5.74, 6) is 0.344. The second kappa shape index (κ2) is 18.3. The molecule has 0 unspecified atom stereocenters. The average molecular weight is 776 g/mol. The summed E-state index contributed by atoms with van der Waals surface area (Å²) in [5.41, 5.74) is 4.39. The third-order valence-corrected chi connectivity index (χ3v) is 9.26. The fraction of sp³-hybridized carbons (Fsp3) is 0.400. The van der Waals surface area contributed by atoms with E-state index in [1.54, 1.807) is 62.2 Å². The van der Waals surface area contributed by atoms with Crippen LogP contribution in [0.15, 0.2) is 54.9 Å². The highest BCUT2D eigenvalue weighted by Crippen LogP contribution is 2.38. The number of carbonyl (C=O) groups excluding carboxylic acids is 3. The maximum atomic E-state index is 13.4. The van der Waals surface area contributed by atoms with Gasteiger partial charge in [-0.15, -0.1) is 0 Å². The lowest BCUT2D eigenvalue weighted by Crippen LogP contribution is -2.43. The van der Waals surface area contributed by atoms with Crippen molar-refractivity contribution in [2.45, 2.75) is 71.7 Å². The molecule has 1 saturated heterocycles. The minimum atomic E-state index is -0.715. The van der Waals surface area contributed by atoms with E-state index in [0.717, 1.165) is 11.1 Å². The van der Waals surface area contributed by atoms with Crippen molar-refractivity contribution in [3.05, 3.63) is 82.3 Å². The van der Waals surface area contributed by atoms with Gasteiger partial charge < -0.3 is 35.1 Å². The number of aromatic nitrogens is 3. The lowest BCUT2D eigenvalue weighted by molar-refractivity contribution is -0.119. The van der Waals surface area contributed by atoms with Crippen LogP contribution >= 0.6 is 11.6 Å². The third kappa shape index (κ3) is 10.5. The van der Waals surface area contributed by atoms with Gasteiger partial charge in [0, 0.05) is 59.7 Å². The number of pyridine rings is 3. The van der Waals surface area contributed by atoms with Crippen molar-refractivity contribution in [3.63, 3.8) is 0 Å². The Labute approximate surface area is 325 Å². The van der Waals surface area contributed by atoms with Gasteiger partial charge in [-0.2, -0.15) is 0 Å². The van der Waals surface area contributed by atoms with Crippen LogP contribution in [0.25, 0.3) is 22.5 Å². The first kappa shape index (κ1) is 40.8. The maximum absolute atomic E-state index is 13.4. The molecule has 1 aromatic carbocycles. The zero-order valence-electron chi connectivity index (χ0n) is 31.9. The van der Waals surface area contributed by atoms with Crippen molar-refractivity contribution in [1.82, 2.24) is 30.5 Å². The van der Waals surface area contributed by atoms with Gasteiger partial charge in [0.15, 0.2) is 0 Å². The lowest BCUT2D eigenvalue weighted by atomic mass is 10.0. The molecular weight excluding hydrogens is 729 g/mol. The van der Waals surface area contributed by atoms with Gasteiger partial charge in [-0.25, -0.2) is 14.8 Å². The van der Waals surface area contributed by atoms with Crippen LogP contribution in [0.3, 0.4) is 0 Å². The van der Waals surface area contributed by atoms with Crippen molar-refractivity contribution in [1.29, 1.82) is 0 Å². The predicted molar refractivity (Wildman–Crippen MR) is 208 cm³/mol. The number of anilines is 1. The molecule has 0 aliphatic carbocycles. The second-order valence-electron chi connectivity index (χ2n) is 14.1. The van der Waals surface area contributed by atoms with E-state index in [0.29, 0.717) is 82.8 Å². The number of nitrogens with one attached hydrogen (secondary N) is 3. The van der Waals surface area contributed by atoms with Crippen LogP contribution in [0.1, 0.15) is 67.2 Å². The molecule has 1 aliphatic heterocycles. The third-order valence-electron chi connectivity index (χ3n) is 8.88. The van der Waals surface area contributed by atoms with Crippen molar-refractivity contribution < 1.29 is 33.0 Å². The second-order valence-corrected chi connectivity index (χ2v) is 14.5. The maximum Gasteiger partial charge on any atom is 0.410 e. The van der Waals surface area contributed by atoms with Gasteiger partial charge in [0.1, 0.15) is 17.0 Å². The first-order valence-electron chi connectivity index (χ1n) is 18.0. The van der Waals surface area contributed by atoms with E-state index in [-0.39, 0.29) is 30.7 Å². The summed E-state index contributed by atoms with van der Waals surface area (Å²) in [7, 11) is 3.03. The number of rotatable bonds is 15. The molecule has 4 heterocycles. The molecular formula is C40H47ClFN7O6. The topological polar surface area (TPSA) is 157 Å². The van der Waals surface area contributed by atoms with Crippen LogP contribution in [-0.2, 0) is 22.6 Å². The van der Waals surface area contributed by atoms with E-state index in [1.807, 2.05) is 19.1 Å². The van der Waals surface area contributed by atoms with Crippen molar-refractivity contribution in [2.75, 3.05) is 39.3 Å². The quantitative estimate of drug-likeness (QED) is 0.109. The van der Waals surface area contributed by atoms with Gasteiger partial charge in [0.05, 0.1) is 50.0 Å². The van der Waals surface area contributed by atoms with Crippen LogP contribution in [-0.4, -0.2) is 83.4 Å². The minimum Gasteiger partial charge on any atom is -0.495 e. The lowest BCUT2D eigenvalue weighted by Gasteiger charge is -2.29. The number of benzene rings is 1. The smallest absolute Gasteiger partial charge is 0.410 e. The standard InChI is InChI=1S/C40H47ClFN7O6/c1-24-28(9-7-10-30(24)47-37(51)32-19-26(20-43-17-8-16-42)33(53-5)21-45-32)36-35(41)29(15-18-44-36)31-13-11-25(38(48-31)54-6)22-49(39(52)55-40(2,3)4)23-27-12-14-34(50)46-27/h7,9-11,13,15,18-19,21,27,43H,8,12,14,16-17,20,22-23H2,1-6H3,(H,46,50)(H,47,51)/t27-/m0/s1. The Morgan fingerprint density at radius 2 is 1.87 bits per heavy atom. The number of methoxy groups -OCH3 is 2. The Balaban J connectivity index is 1.38. The SMILES string of the molecule is COc1cnc(C(=O)Nc2cccc(-c3nccc(-c4ccc(CN(C[C@@H]5CCC(=O)N5)C(=O)OC(C)(C)C)c(OC)n4)c3Cl)c2C)cc1CNCCCF. The predicted octanol–water partition coefficient (Wildman–Crippen LogP) is 6.90. The molecule has 55 heavy (non-hydrogen) atoms. The van der Waals surface area contributed by atoms with Gasteiger partial charge in [-0.3, -0.25) is 19.0 Å². The molecule has 3 N–H and O–H groups in total. The molecule has 4 aromatic rings. The molecule has 13 nitrogen and oxygen atoms in total. The fourth-order valence-electron chi connectivity index (χ4n) is 6.12. The van der Waals surface area contributed by atoms with Crippen LogP contribution < -0.4 is 25.4 Å². The zero-order chi connectivity index (χ0) is 39.7. The molecule has 0 bridgehead atoms. The molecule has 1 aliphatic rings. The van der Waals surface area contributed by atoms with Gasteiger partial charge in [0.25, 0.3) is 5.91 Å². The first-order chi connectivity index (χ1) is 26.3. The zero-order valence-corrected chi connectivity index (χ0v) is 32.7. The summed E-state index contributed by atoms with van der Waals surface area (Å²) in [6.07, 6.45) is 4.02. The molecule has 15 heteroatoms. The highest BCUT2D eigenvalue weighted by Gasteiger charge is 2.29. The number of amides is 3. The number of hydrogen-bond donors (Lipinski definition) is 3. The molecule has 3 aromatic heterocycles. The Hall–Kier alpha value is -5.34. The van der Waals surface area contributed by atoms with Crippen molar-refractivity contribution in [2.24, 2.45) is 0 Å². The molecule has 0 spiro atoms. The van der Waals surface area contributed by atoms with E-state index < -0.39 is 24.3 Å². The Kier molecular flexibility index (Phi) is 13.6. The number of carbonyl (C=O) groups is 3. The van der Waals surface area contributed by atoms with Crippen molar-refractivity contribution in [3.8, 4) is 34.1 Å². The molecule has 0 saturated carbocycles. The summed E-state index contributed by atoms with van der Waals surface area (Å²) >= 11 is 7.06. The summed E-state index contributed by atoms with van der Waals surface area (Å²) in [5, 5.41) is 9.36. The number of ether oxygens (including phenoxy) is 3. The number of halogens is 2. The van der Waals surface area contributed by atoms with Crippen LogP contribution in [0.5, 0.6) is 11.6 Å². The Morgan fingerprint density at radius 1 is 1.07 bits per heavy atom. The Bertz CT molecular complexity index is 2020. The molecule has 3 amide bonds. The summed E-state index contributed by atoms with van der Waals surface area (Å²) in [4.78, 5) is 53.8. The monoisotopic (exact) mass is 775 g/mol. The van der Waals surface area contributed by atoms with E-state index in [9.17, 15) is 18.8 Å². The normalized spacial score (nSPS) is 14.0. The molecule has 1 atom stereocenters. The highest BCUT2D eigenvalue weighted by atomic mass is 35.5. The molecule has 1 fully saturated rings. The number of hydrogen-bond acceptors (Lipinski definition) is 10. The van der Waals surface area contributed by atoms with E-state index >= 15 is 0 Å². The van der Waals surface area contributed by atoms with Gasteiger partial charge in [-0.05, 0) is 83.0 Å². The largest absolute Gasteiger partial charge is 0.495 e. The van der Waals surface area contributed by atoms with Crippen LogP contribution in [0.2, 0.25) is 5.02 Å². The Morgan fingerprint density at radius 3 is 2.56 bits per heavy atom. The van der Waals surface area contributed by atoms with Crippen LogP contribution in [0, 0.1) is 6.92 Å². The van der Waals surface area contributed by atoms with Gasteiger partial charge in [0.2, 0.25) is 11.8 Å². The summed E-state index contributed by atoms with van der Waals surface area (Å²) in [6.45, 7) is 8.11. The minimum absolute atomic E-state index is 0.0464. The number of alkyl halides is 1. The van der Waals surface area contributed by atoms with E-state index in [4.69, 9.17) is 30.8 Å². The van der Waals surface area contributed by atoms with Crippen molar-refractivity contribution >= 4 is 35.2 Å². The fourth-order valence-corrected chi connectivity index (χ4v) is 6.43. The molecule has 292 valence electrons. The van der Waals surface area contributed by atoms with Gasteiger partial charge in [-0.1, -0.05) is 23.7 Å². The van der Waals surface area contributed by atoms with Crippen LogP contribution in [0.4, 0.5) is 14.9 Å². The van der Waals surface area contributed by atoms with E-state index in [2.05, 4.69) is 25.9 Å². The summed E-state index contributed by atoms with van der Waals surface area (Å²) in [6, 6.07) is 12.3. The van der Waals surface area contributed by atoms with Gasteiger partial charge >= 0.3 is 6.09 Å². The summed E-state index contributed by atoms with van der Waals surface area (Å²) < 4.78 is 29.3.